The van der Waals surface area contributed by atoms with Crippen molar-refractivity contribution in [2.45, 2.75) is 24.7 Å². The van der Waals surface area contributed by atoms with Gasteiger partial charge in [-0.2, -0.15) is 0 Å². The highest BCUT2D eigenvalue weighted by Crippen LogP contribution is 2.24. The number of carbonyl (C=O) groups is 4. The number of benzene rings is 4. The van der Waals surface area contributed by atoms with E-state index >= 15 is 0 Å². The van der Waals surface area contributed by atoms with Crippen molar-refractivity contribution >= 4 is 64.5 Å². The van der Waals surface area contributed by atoms with Crippen molar-refractivity contribution in [2.75, 3.05) is 23.0 Å². The maximum atomic E-state index is 14.5. The van der Waals surface area contributed by atoms with Crippen LogP contribution in [0, 0.1) is 5.82 Å². The van der Waals surface area contributed by atoms with E-state index in [1.54, 1.807) is 78.9 Å². The molecule has 0 saturated heterocycles. The maximum Gasteiger partial charge on any atom is 0.338 e. The topological polar surface area (TPSA) is 114 Å². The summed E-state index contributed by atoms with van der Waals surface area (Å²) in [6, 6.07) is 25.6. The van der Waals surface area contributed by atoms with Crippen LogP contribution in [0.5, 0.6) is 0 Å². The molecule has 0 aromatic heterocycles. The van der Waals surface area contributed by atoms with E-state index in [-0.39, 0.29) is 27.9 Å². The van der Waals surface area contributed by atoms with Crippen LogP contribution in [0.15, 0.2) is 108 Å². The maximum absolute atomic E-state index is 14.5. The summed E-state index contributed by atoms with van der Waals surface area (Å²) in [6.07, 6.45) is 2.92. The number of halogens is 2. The second-order valence-electron chi connectivity index (χ2n) is 9.90. The van der Waals surface area contributed by atoms with Crippen molar-refractivity contribution in [2.24, 2.45) is 0 Å². The molecule has 11 heteroatoms. The van der Waals surface area contributed by atoms with Crippen molar-refractivity contribution in [3.05, 3.63) is 130 Å². The van der Waals surface area contributed by atoms with Crippen molar-refractivity contribution in [1.29, 1.82) is 0 Å². The Balaban J connectivity index is 1.35. The second-order valence-corrected chi connectivity index (χ2v) is 11.4. The zero-order valence-corrected chi connectivity index (χ0v) is 26.4. The smallest absolute Gasteiger partial charge is 0.338 e. The van der Waals surface area contributed by atoms with Gasteiger partial charge in [0.25, 0.3) is 11.8 Å². The van der Waals surface area contributed by atoms with Crippen LogP contribution in [0.2, 0.25) is 5.02 Å². The van der Waals surface area contributed by atoms with E-state index in [9.17, 15) is 23.6 Å². The fourth-order valence-electron chi connectivity index (χ4n) is 4.00. The van der Waals surface area contributed by atoms with Crippen molar-refractivity contribution in [3.63, 3.8) is 0 Å². The molecular weight excluding hydrogens is 629 g/mol. The van der Waals surface area contributed by atoms with Gasteiger partial charge in [0.05, 0.1) is 22.9 Å². The Morgan fingerprint density at radius 3 is 2.17 bits per heavy atom. The van der Waals surface area contributed by atoms with Gasteiger partial charge in [-0.3, -0.25) is 14.4 Å². The molecule has 0 unspecified atom stereocenters. The first-order valence-electron chi connectivity index (χ1n) is 14.4. The van der Waals surface area contributed by atoms with Gasteiger partial charge in [-0.25, -0.2) is 9.18 Å². The Hall–Kier alpha value is -4.93. The zero-order valence-electron chi connectivity index (χ0n) is 24.8. The number of ether oxygens (including phenoxy) is 1. The molecule has 4 aromatic carbocycles. The first kappa shape index (κ1) is 34.0. The zero-order chi connectivity index (χ0) is 32.9. The number of nitrogens with one attached hydrogen (secondary N) is 3. The fourth-order valence-corrected chi connectivity index (χ4v) is 4.91. The van der Waals surface area contributed by atoms with Crippen LogP contribution in [0.1, 0.15) is 46.0 Å². The van der Waals surface area contributed by atoms with Crippen LogP contribution in [0.4, 0.5) is 15.8 Å². The number of rotatable bonds is 13. The van der Waals surface area contributed by atoms with Gasteiger partial charge in [0.2, 0.25) is 5.91 Å². The molecule has 0 fully saturated rings. The van der Waals surface area contributed by atoms with E-state index in [2.05, 4.69) is 16.0 Å². The third-order valence-corrected chi connectivity index (χ3v) is 7.78. The number of thioether (sulfide) groups is 1. The third-order valence-electron chi connectivity index (χ3n) is 6.43. The summed E-state index contributed by atoms with van der Waals surface area (Å²) < 4.78 is 19.7. The van der Waals surface area contributed by atoms with Gasteiger partial charge in [0, 0.05) is 27.4 Å². The molecule has 0 heterocycles. The molecule has 0 aliphatic heterocycles. The monoisotopic (exact) mass is 659 g/mol. The Morgan fingerprint density at radius 2 is 1.50 bits per heavy atom. The number of carbonyl (C=O) groups excluding carboxylic acids is 4. The predicted octanol–water partition coefficient (Wildman–Crippen LogP) is 7.58. The number of amides is 3. The highest BCUT2D eigenvalue weighted by Gasteiger charge is 2.17. The summed E-state index contributed by atoms with van der Waals surface area (Å²) >= 11 is 7.46. The first-order chi connectivity index (χ1) is 22.2. The summed E-state index contributed by atoms with van der Waals surface area (Å²) in [5.41, 5.74) is 1.42. The Labute approximate surface area is 275 Å². The number of unbranched alkanes of at least 4 members (excludes halogenated alkanes) is 1. The minimum absolute atomic E-state index is 0.0476. The molecule has 0 aliphatic rings. The lowest BCUT2D eigenvalue weighted by Gasteiger charge is -2.12. The van der Waals surface area contributed by atoms with Crippen LogP contribution in [0.3, 0.4) is 0 Å². The second kappa shape index (κ2) is 17.0. The molecule has 4 aromatic rings. The minimum atomic E-state index is -0.691. The molecule has 3 amide bonds. The van der Waals surface area contributed by atoms with Crippen LogP contribution < -0.4 is 16.0 Å². The summed E-state index contributed by atoms with van der Waals surface area (Å²) in [4.78, 5) is 51.4. The van der Waals surface area contributed by atoms with Crippen LogP contribution in [-0.2, 0) is 14.3 Å². The summed E-state index contributed by atoms with van der Waals surface area (Å²) in [7, 11) is 0. The lowest BCUT2D eigenvalue weighted by molar-refractivity contribution is -0.114. The highest BCUT2D eigenvalue weighted by molar-refractivity contribution is 8.00. The standard InChI is InChI=1S/C35H31ClFN3O5S/c1-2-3-20-45-35(44)24-12-14-25(15-13-24)38-32(41)22-46-27-18-16-26(17-19-27)39-34(43)31(21-28-29(36)10-7-11-30(28)37)40-33(42)23-8-5-4-6-9-23/h4-19,21H,2-3,20,22H2,1H3,(H,38,41)(H,39,43)(H,40,42)/b31-21-. The quantitative estimate of drug-likeness (QED) is 0.0590. The van der Waals surface area contributed by atoms with Gasteiger partial charge in [-0.15, -0.1) is 11.8 Å². The van der Waals surface area contributed by atoms with Gasteiger partial charge < -0.3 is 20.7 Å². The summed E-state index contributed by atoms with van der Waals surface area (Å²) in [6.45, 7) is 2.38. The molecule has 0 aliphatic carbocycles. The van der Waals surface area contributed by atoms with Crippen molar-refractivity contribution in [1.82, 2.24) is 5.32 Å². The average molecular weight is 660 g/mol. The average Bonchev–Trinajstić information content (AvgIpc) is 3.06. The SMILES string of the molecule is CCCCOC(=O)c1ccc(NC(=O)CSc2ccc(NC(=O)/C(=C/c3c(F)cccc3Cl)NC(=O)c3ccccc3)cc2)cc1. The lowest BCUT2D eigenvalue weighted by Crippen LogP contribution is -2.30. The molecule has 4 rings (SSSR count). The minimum Gasteiger partial charge on any atom is -0.462 e. The van der Waals surface area contributed by atoms with E-state index in [0.717, 1.165) is 17.7 Å². The summed E-state index contributed by atoms with van der Waals surface area (Å²) in [5, 5.41) is 8.12. The molecular formula is C35H31ClFN3O5S. The molecule has 236 valence electrons. The van der Waals surface area contributed by atoms with E-state index in [0.29, 0.717) is 29.1 Å². The van der Waals surface area contributed by atoms with Crippen LogP contribution in [0.25, 0.3) is 6.08 Å². The van der Waals surface area contributed by atoms with Gasteiger partial charge in [-0.05, 0) is 85.3 Å². The van der Waals surface area contributed by atoms with Gasteiger partial charge in [-0.1, -0.05) is 49.2 Å². The van der Waals surface area contributed by atoms with E-state index in [1.165, 1.54) is 36.0 Å². The van der Waals surface area contributed by atoms with Gasteiger partial charge in [0.1, 0.15) is 11.5 Å². The van der Waals surface area contributed by atoms with Crippen molar-refractivity contribution < 1.29 is 28.3 Å². The Kier molecular flexibility index (Phi) is 12.5. The molecule has 46 heavy (non-hydrogen) atoms. The lowest BCUT2D eigenvalue weighted by atomic mass is 10.1. The number of hydrogen-bond donors (Lipinski definition) is 3. The largest absolute Gasteiger partial charge is 0.462 e. The molecule has 0 saturated carbocycles. The Bertz CT molecular complexity index is 1690. The predicted molar refractivity (Wildman–Crippen MR) is 179 cm³/mol. The number of hydrogen-bond acceptors (Lipinski definition) is 6. The van der Waals surface area contributed by atoms with Gasteiger partial charge in [0.15, 0.2) is 0 Å². The molecule has 3 N–H and O–H groups in total. The molecule has 0 spiro atoms. The van der Waals surface area contributed by atoms with E-state index in [4.69, 9.17) is 16.3 Å². The van der Waals surface area contributed by atoms with E-state index < -0.39 is 23.6 Å². The molecule has 8 nitrogen and oxygen atoms in total. The van der Waals surface area contributed by atoms with Crippen LogP contribution >= 0.6 is 23.4 Å². The number of anilines is 2. The van der Waals surface area contributed by atoms with Crippen LogP contribution in [-0.4, -0.2) is 36.1 Å². The normalized spacial score (nSPS) is 11.0. The van der Waals surface area contributed by atoms with Gasteiger partial charge >= 0.3 is 5.97 Å². The van der Waals surface area contributed by atoms with E-state index in [1.807, 2.05) is 6.92 Å². The highest BCUT2D eigenvalue weighted by atomic mass is 35.5. The first-order valence-corrected chi connectivity index (χ1v) is 15.7. The molecule has 0 bridgehead atoms. The summed E-state index contributed by atoms with van der Waals surface area (Å²) in [5.74, 6) is -2.42. The third kappa shape index (κ3) is 10.0. The molecule has 0 atom stereocenters. The fraction of sp³-hybridized carbons (Fsp3) is 0.143. The number of esters is 1. The van der Waals surface area contributed by atoms with Crippen molar-refractivity contribution in [3.8, 4) is 0 Å². The Morgan fingerprint density at radius 1 is 0.826 bits per heavy atom. The molecule has 0 radical (unpaired) electrons.